The van der Waals surface area contributed by atoms with Crippen molar-refractivity contribution in [2.45, 2.75) is 11.8 Å². The molecule has 0 heterocycles. The van der Waals surface area contributed by atoms with E-state index in [2.05, 4.69) is 0 Å². The molecule has 0 N–H and O–H groups in total. The van der Waals surface area contributed by atoms with Crippen LogP contribution in [-0.4, -0.2) is 14.7 Å². The van der Waals surface area contributed by atoms with Gasteiger partial charge in [-0.3, -0.25) is 4.79 Å². The van der Waals surface area contributed by atoms with Gasteiger partial charge in [0.05, 0.1) is 0 Å². The van der Waals surface area contributed by atoms with Gasteiger partial charge < -0.3 is 4.18 Å². The third-order valence-electron chi connectivity index (χ3n) is 2.48. The van der Waals surface area contributed by atoms with Crippen molar-refractivity contribution < 1.29 is 17.4 Å². The van der Waals surface area contributed by atoms with E-state index in [4.69, 9.17) is 4.18 Å². The van der Waals surface area contributed by atoms with Gasteiger partial charge in [0.15, 0.2) is 0 Å². The summed E-state index contributed by atoms with van der Waals surface area (Å²) in [5.41, 5.74) is 1.18. The van der Waals surface area contributed by atoms with Crippen molar-refractivity contribution in [3.05, 3.63) is 59.7 Å². The standard InChI is InChI=1S/C14H12O4S/c1-11-4-2-7-14(8-11)19(16,17)18-13-6-3-5-12(9-13)10-15/h2-10H,1H3. The Morgan fingerprint density at radius 2 is 1.79 bits per heavy atom. The van der Waals surface area contributed by atoms with Crippen LogP contribution in [0.1, 0.15) is 15.9 Å². The molecule has 4 nitrogen and oxygen atoms in total. The fourth-order valence-corrected chi connectivity index (χ4v) is 2.61. The third kappa shape index (κ3) is 3.20. The third-order valence-corrected chi connectivity index (χ3v) is 3.72. The predicted octanol–water partition coefficient (Wildman–Crippen LogP) is 2.58. The van der Waals surface area contributed by atoms with Crippen molar-refractivity contribution in [3.8, 4) is 5.75 Å². The minimum Gasteiger partial charge on any atom is -0.379 e. The molecule has 0 amide bonds. The van der Waals surface area contributed by atoms with Crippen LogP contribution in [0.15, 0.2) is 53.4 Å². The molecule has 98 valence electrons. The van der Waals surface area contributed by atoms with Gasteiger partial charge in [-0.2, -0.15) is 8.42 Å². The zero-order chi connectivity index (χ0) is 13.9. The quantitative estimate of drug-likeness (QED) is 0.636. The molecule has 0 aliphatic carbocycles. The average molecular weight is 276 g/mol. The van der Waals surface area contributed by atoms with Crippen molar-refractivity contribution in [1.29, 1.82) is 0 Å². The van der Waals surface area contributed by atoms with Crippen LogP contribution < -0.4 is 4.18 Å². The Morgan fingerprint density at radius 3 is 2.47 bits per heavy atom. The normalized spacial score (nSPS) is 11.0. The smallest absolute Gasteiger partial charge is 0.339 e. The second kappa shape index (κ2) is 5.24. The summed E-state index contributed by atoms with van der Waals surface area (Å²) in [4.78, 5) is 10.7. The average Bonchev–Trinajstić information content (AvgIpc) is 2.38. The molecule has 5 heteroatoms. The molecule has 0 aliphatic heterocycles. The van der Waals surface area contributed by atoms with E-state index in [1.54, 1.807) is 31.2 Å². The van der Waals surface area contributed by atoms with E-state index < -0.39 is 10.1 Å². The summed E-state index contributed by atoms with van der Waals surface area (Å²) in [6, 6.07) is 12.4. The highest BCUT2D eigenvalue weighted by Crippen LogP contribution is 2.19. The van der Waals surface area contributed by atoms with Gasteiger partial charge in [0.25, 0.3) is 0 Å². The Morgan fingerprint density at radius 1 is 1.05 bits per heavy atom. The number of aldehydes is 1. The molecule has 0 fully saturated rings. The molecule has 2 aromatic carbocycles. The first-order chi connectivity index (χ1) is 9.01. The molecule has 0 aromatic heterocycles. The first-order valence-electron chi connectivity index (χ1n) is 5.58. The maximum atomic E-state index is 12.0. The minimum absolute atomic E-state index is 0.0870. The van der Waals surface area contributed by atoms with Gasteiger partial charge in [0.1, 0.15) is 16.9 Å². The Kier molecular flexibility index (Phi) is 3.66. The molecule has 19 heavy (non-hydrogen) atoms. The van der Waals surface area contributed by atoms with Gasteiger partial charge in [0, 0.05) is 5.56 Å². The summed E-state index contributed by atoms with van der Waals surface area (Å²) in [5.74, 6) is 0.117. The van der Waals surface area contributed by atoms with Crippen LogP contribution in [0.4, 0.5) is 0 Å². The second-order valence-corrected chi connectivity index (χ2v) is 5.59. The summed E-state index contributed by atoms with van der Waals surface area (Å²) in [6.45, 7) is 1.80. The molecule has 2 aromatic rings. The SMILES string of the molecule is Cc1cccc(S(=O)(=O)Oc2cccc(C=O)c2)c1. The molecule has 0 aliphatic rings. The number of carbonyl (C=O) groups is 1. The molecule has 0 saturated heterocycles. The maximum absolute atomic E-state index is 12.0. The Balaban J connectivity index is 2.33. The van der Waals surface area contributed by atoms with E-state index in [0.717, 1.165) is 5.56 Å². The van der Waals surface area contributed by atoms with Crippen molar-refractivity contribution in [2.24, 2.45) is 0 Å². The Labute approximate surface area is 111 Å². The van der Waals surface area contributed by atoms with E-state index in [9.17, 15) is 13.2 Å². The maximum Gasteiger partial charge on any atom is 0.339 e. The Bertz CT molecular complexity index is 705. The number of carbonyl (C=O) groups excluding carboxylic acids is 1. The number of benzene rings is 2. The molecule has 0 bridgehead atoms. The monoisotopic (exact) mass is 276 g/mol. The molecule has 0 unspecified atom stereocenters. The molecule has 0 radical (unpaired) electrons. The topological polar surface area (TPSA) is 60.4 Å². The van der Waals surface area contributed by atoms with Crippen molar-refractivity contribution >= 4 is 16.4 Å². The van der Waals surface area contributed by atoms with E-state index in [0.29, 0.717) is 11.8 Å². The fraction of sp³-hybridized carbons (Fsp3) is 0.0714. The summed E-state index contributed by atoms with van der Waals surface area (Å²) in [6.07, 6.45) is 0.631. The van der Waals surface area contributed by atoms with E-state index in [-0.39, 0.29) is 10.6 Å². The van der Waals surface area contributed by atoms with Crippen LogP contribution in [0, 0.1) is 6.92 Å². The zero-order valence-corrected chi connectivity index (χ0v) is 11.1. The highest BCUT2D eigenvalue weighted by Gasteiger charge is 2.16. The second-order valence-electron chi connectivity index (χ2n) is 4.04. The first kappa shape index (κ1) is 13.3. The predicted molar refractivity (Wildman–Crippen MR) is 70.8 cm³/mol. The minimum atomic E-state index is -3.88. The van der Waals surface area contributed by atoms with Crippen LogP contribution in [-0.2, 0) is 10.1 Å². The van der Waals surface area contributed by atoms with Crippen LogP contribution >= 0.6 is 0 Å². The lowest BCUT2D eigenvalue weighted by molar-refractivity contribution is 0.112. The van der Waals surface area contributed by atoms with Gasteiger partial charge in [-0.1, -0.05) is 24.3 Å². The van der Waals surface area contributed by atoms with Gasteiger partial charge in [-0.15, -0.1) is 0 Å². The molecular formula is C14H12O4S. The van der Waals surface area contributed by atoms with Crippen molar-refractivity contribution in [2.75, 3.05) is 0 Å². The lowest BCUT2D eigenvalue weighted by Crippen LogP contribution is -2.10. The lowest BCUT2D eigenvalue weighted by Gasteiger charge is -2.07. The van der Waals surface area contributed by atoms with E-state index >= 15 is 0 Å². The summed E-state index contributed by atoms with van der Waals surface area (Å²) in [5, 5.41) is 0. The zero-order valence-electron chi connectivity index (χ0n) is 10.2. The van der Waals surface area contributed by atoms with Crippen molar-refractivity contribution in [3.63, 3.8) is 0 Å². The van der Waals surface area contributed by atoms with Gasteiger partial charge in [-0.25, -0.2) is 0 Å². The molecule has 0 spiro atoms. The molecule has 2 rings (SSSR count). The van der Waals surface area contributed by atoms with Crippen molar-refractivity contribution in [1.82, 2.24) is 0 Å². The Hall–Kier alpha value is -2.14. The first-order valence-corrected chi connectivity index (χ1v) is 6.98. The van der Waals surface area contributed by atoms with Gasteiger partial charge in [0.2, 0.25) is 0 Å². The number of hydrogen-bond donors (Lipinski definition) is 0. The van der Waals surface area contributed by atoms with Gasteiger partial charge >= 0.3 is 10.1 Å². The number of aryl methyl sites for hydroxylation is 1. The van der Waals surface area contributed by atoms with Crippen LogP contribution in [0.25, 0.3) is 0 Å². The molecular weight excluding hydrogens is 264 g/mol. The summed E-state index contributed by atoms with van der Waals surface area (Å²) >= 11 is 0. The molecule has 0 saturated carbocycles. The highest BCUT2D eigenvalue weighted by molar-refractivity contribution is 7.87. The largest absolute Gasteiger partial charge is 0.379 e. The fourth-order valence-electron chi connectivity index (χ4n) is 1.59. The highest BCUT2D eigenvalue weighted by atomic mass is 32.2. The summed E-state index contributed by atoms with van der Waals surface area (Å²) in [7, 11) is -3.88. The number of hydrogen-bond acceptors (Lipinski definition) is 4. The van der Waals surface area contributed by atoms with Crippen LogP contribution in [0.3, 0.4) is 0 Å². The summed E-state index contributed by atoms with van der Waals surface area (Å²) < 4.78 is 29.1. The number of rotatable bonds is 4. The van der Waals surface area contributed by atoms with E-state index in [1.165, 1.54) is 24.3 Å². The van der Waals surface area contributed by atoms with Gasteiger partial charge in [-0.05, 0) is 36.8 Å². The van der Waals surface area contributed by atoms with E-state index in [1.807, 2.05) is 0 Å². The van der Waals surface area contributed by atoms with Crippen LogP contribution in [0.5, 0.6) is 5.75 Å². The van der Waals surface area contributed by atoms with Crippen LogP contribution in [0.2, 0.25) is 0 Å². The molecule has 0 atom stereocenters. The lowest BCUT2D eigenvalue weighted by atomic mass is 10.2.